The Kier molecular flexibility index (Phi) is 58.7. The maximum atomic E-state index is 12.5. The maximum absolute atomic E-state index is 12.5. The van der Waals surface area contributed by atoms with Crippen molar-refractivity contribution in [2.24, 2.45) is 0 Å². The second-order valence-corrected chi connectivity index (χ2v) is 21.5. The fraction of sp³-hybridized carbons (Fsp3) is 0.891. The molecule has 0 fully saturated rings. The van der Waals surface area contributed by atoms with Gasteiger partial charge < -0.3 is 15.5 Å². The Balaban J connectivity index is 3.47. The largest absolute Gasteiger partial charge is 0.394 e. The van der Waals surface area contributed by atoms with Crippen LogP contribution >= 0.6 is 0 Å². The Hall–Kier alpha value is -1.39. The molecule has 2 unspecified atom stereocenters. The second-order valence-electron chi connectivity index (χ2n) is 21.5. The Morgan fingerprint density at radius 3 is 0.853 bits per heavy atom. The van der Waals surface area contributed by atoms with Gasteiger partial charge >= 0.3 is 0 Å². The fourth-order valence-corrected chi connectivity index (χ4v) is 9.84. The van der Waals surface area contributed by atoms with E-state index in [0.29, 0.717) is 6.42 Å². The molecule has 0 rings (SSSR count). The summed E-state index contributed by atoms with van der Waals surface area (Å²) in [5.74, 6) is -0.0698. The predicted octanol–water partition coefficient (Wildman–Crippen LogP) is 20.8. The number of hydrogen-bond acceptors (Lipinski definition) is 3. The molecule has 0 aliphatic heterocycles. The van der Waals surface area contributed by atoms with E-state index in [1.54, 1.807) is 6.08 Å². The smallest absolute Gasteiger partial charge is 0.220 e. The van der Waals surface area contributed by atoms with Crippen LogP contribution in [0.3, 0.4) is 0 Å². The van der Waals surface area contributed by atoms with Crippen LogP contribution in [-0.2, 0) is 4.79 Å². The van der Waals surface area contributed by atoms with E-state index in [9.17, 15) is 15.0 Å². The first kappa shape index (κ1) is 66.6. The van der Waals surface area contributed by atoms with Crippen LogP contribution in [0.15, 0.2) is 36.5 Å². The summed E-state index contributed by atoms with van der Waals surface area (Å²) < 4.78 is 0. The van der Waals surface area contributed by atoms with E-state index in [0.717, 1.165) is 32.1 Å². The number of aliphatic hydroxyl groups is 2. The number of carbonyl (C=O) groups excluding carboxylic acids is 1. The fourth-order valence-electron chi connectivity index (χ4n) is 9.84. The maximum Gasteiger partial charge on any atom is 0.220 e. The zero-order valence-electron chi connectivity index (χ0n) is 46.4. The van der Waals surface area contributed by atoms with Gasteiger partial charge in [-0.1, -0.05) is 320 Å². The lowest BCUT2D eigenvalue weighted by Gasteiger charge is -2.19. The van der Waals surface area contributed by atoms with Crippen molar-refractivity contribution in [3.63, 3.8) is 0 Å². The molecule has 0 aromatic rings. The van der Waals surface area contributed by atoms with E-state index in [1.807, 2.05) is 6.08 Å². The van der Waals surface area contributed by atoms with Gasteiger partial charge in [-0.3, -0.25) is 4.79 Å². The topological polar surface area (TPSA) is 69.6 Å². The normalized spacial score (nSPS) is 12.9. The molecule has 0 saturated carbocycles. The molecule has 0 aliphatic carbocycles. The highest BCUT2D eigenvalue weighted by molar-refractivity contribution is 5.76. The van der Waals surface area contributed by atoms with Gasteiger partial charge in [-0.2, -0.15) is 0 Å². The van der Waals surface area contributed by atoms with E-state index in [2.05, 4.69) is 43.5 Å². The van der Waals surface area contributed by atoms with Gasteiger partial charge in [0.1, 0.15) is 0 Å². The third-order valence-corrected chi connectivity index (χ3v) is 14.6. The van der Waals surface area contributed by atoms with Crippen molar-refractivity contribution in [3.8, 4) is 0 Å². The molecule has 2 atom stereocenters. The Labute approximate surface area is 427 Å². The molecule has 0 spiro atoms. The molecule has 0 saturated heterocycles. The minimum absolute atomic E-state index is 0.0698. The van der Waals surface area contributed by atoms with E-state index in [4.69, 9.17) is 0 Å². The summed E-state index contributed by atoms with van der Waals surface area (Å²) in [5.41, 5.74) is 0. The second kappa shape index (κ2) is 59.9. The monoisotopic (exact) mass is 954 g/mol. The van der Waals surface area contributed by atoms with E-state index in [1.165, 1.54) is 295 Å². The van der Waals surface area contributed by atoms with Crippen molar-refractivity contribution in [1.82, 2.24) is 5.32 Å². The quantitative estimate of drug-likeness (QED) is 0.0420. The standard InChI is InChI=1S/C64H123NO3/c1-3-5-7-9-11-13-15-17-19-21-23-25-27-28-29-30-31-32-33-34-35-36-38-39-41-43-45-47-49-51-53-55-57-59-63(67)62(61-66)65-64(68)60-58-56-54-52-50-48-46-44-42-40-37-26-24-22-20-18-16-14-12-10-8-6-4-2/h22,24,49,51,57,59,62-63,66-67H,3-21,23,25-48,50,52-56,58,60-61H2,1-2H3,(H,65,68)/b24-22-,51-49+,59-57+. The molecule has 1 amide bonds. The molecule has 0 heterocycles. The number of hydrogen-bond donors (Lipinski definition) is 3. The molecule has 0 radical (unpaired) electrons. The number of rotatable bonds is 58. The average Bonchev–Trinajstić information content (AvgIpc) is 3.34. The van der Waals surface area contributed by atoms with Crippen molar-refractivity contribution in [3.05, 3.63) is 36.5 Å². The van der Waals surface area contributed by atoms with Crippen LogP contribution in [0.25, 0.3) is 0 Å². The number of unbranched alkanes of at least 4 members (excludes halogenated alkanes) is 47. The first-order valence-corrected chi connectivity index (χ1v) is 31.2. The van der Waals surface area contributed by atoms with Crippen LogP contribution in [0, 0.1) is 0 Å². The van der Waals surface area contributed by atoms with Crippen molar-refractivity contribution in [2.45, 2.75) is 360 Å². The van der Waals surface area contributed by atoms with E-state index < -0.39 is 12.1 Å². The Bertz CT molecular complexity index is 1040. The predicted molar refractivity (Wildman–Crippen MR) is 304 cm³/mol. The van der Waals surface area contributed by atoms with Crippen LogP contribution in [-0.4, -0.2) is 34.9 Å². The summed E-state index contributed by atoms with van der Waals surface area (Å²) in [4.78, 5) is 12.5. The third kappa shape index (κ3) is 55.5. The van der Waals surface area contributed by atoms with Crippen LogP contribution in [0.4, 0.5) is 0 Å². The zero-order chi connectivity index (χ0) is 49.2. The van der Waals surface area contributed by atoms with Crippen molar-refractivity contribution in [1.29, 1.82) is 0 Å². The van der Waals surface area contributed by atoms with Crippen LogP contribution < -0.4 is 5.32 Å². The highest BCUT2D eigenvalue weighted by atomic mass is 16.3. The van der Waals surface area contributed by atoms with Crippen molar-refractivity contribution in [2.75, 3.05) is 6.61 Å². The first-order valence-electron chi connectivity index (χ1n) is 31.2. The molecular weight excluding hydrogens is 831 g/mol. The summed E-state index contributed by atoms with van der Waals surface area (Å²) in [6.07, 6.45) is 82.0. The Morgan fingerprint density at radius 1 is 0.338 bits per heavy atom. The van der Waals surface area contributed by atoms with E-state index in [-0.39, 0.29) is 12.5 Å². The molecule has 0 aliphatic rings. The van der Waals surface area contributed by atoms with Crippen LogP contribution in [0.5, 0.6) is 0 Å². The minimum atomic E-state index is -0.863. The first-order chi connectivity index (χ1) is 33.7. The zero-order valence-corrected chi connectivity index (χ0v) is 46.4. The lowest BCUT2D eigenvalue weighted by Crippen LogP contribution is -2.45. The van der Waals surface area contributed by atoms with Crippen LogP contribution in [0.1, 0.15) is 348 Å². The number of carbonyl (C=O) groups is 1. The molecule has 0 aromatic carbocycles. The van der Waals surface area contributed by atoms with Gasteiger partial charge in [0.25, 0.3) is 0 Å². The molecule has 3 N–H and O–H groups in total. The molecule has 68 heavy (non-hydrogen) atoms. The number of aliphatic hydroxyl groups excluding tert-OH is 2. The van der Waals surface area contributed by atoms with Gasteiger partial charge in [-0.25, -0.2) is 0 Å². The lowest BCUT2D eigenvalue weighted by atomic mass is 10.0. The molecule has 0 aromatic heterocycles. The highest BCUT2D eigenvalue weighted by Crippen LogP contribution is 2.18. The van der Waals surface area contributed by atoms with Crippen LogP contribution in [0.2, 0.25) is 0 Å². The SMILES string of the molecule is CCCCCCCCCC/C=C\CCCCCCCCCCCCCC(=O)NC(CO)C(O)/C=C/CC/C=C/CCCCCCCCCCCCCCCCCCCCCCCCCCCCC. The van der Waals surface area contributed by atoms with E-state index >= 15 is 0 Å². The number of allylic oxidation sites excluding steroid dienone is 5. The summed E-state index contributed by atoms with van der Waals surface area (Å²) in [5, 5.41) is 23.2. The van der Waals surface area contributed by atoms with Gasteiger partial charge in [-0.15, -0.1) is 0 Å². The van der Waals surface area contributed by atoms with Gasteiger partial charge in [0.2, 0.25) is 5.91 Å². The number of amides is 1. The van der Waals surface area contributed by atoms with Gasteiger partial charge in [-0.05, 0) is 57.8 Å². The summed E-state index contributed by atoms with van der Waals surface area (Å²) in [6, 6.07) is -0.640. The van der Waals surface area contributed by atoms with Gasteiger partial charge in [0.05, 0.1) is 18.8 Å². The summed E-state index contributed by atoms with van der Waals surface area (Å²) in [7, 11) is 0. The molecule has 0 bridgehead atoms. The number of nitrogens with one attached hydrogen (secondary N) is 1. The lowest BCUT2D eigenvalue weighted by molar-refractivity contribution is -0.123. The molecule has 4 heteroatoms. The summed E-state index contributed by atoms with van der Waals surface area (Å²) >= 11 is 0. The van der Waals surface area contributed by atoms with Gasteiger partial charge in [0.15, 0.2) is 0 Å². The summed E-state index contributed by atoms with van der Waals surface area (Å²) in [6.45, 7) is 4.34. The molecular formula is C64H123NO3. The Morgan fingerprint density at radius 2 is 0.574 bits per heavy atom. The highest BCUT2D eigenvalue weighted by Gasteiger charge is 2.18. The molecule has 4 nitrogen and oxygen atoms in total. The molecule has 402 valence electrons. The van der Waals surface area contributed by atoms with Crippen molar-refractivity contribution < 1.29 is 15.0 Å². The minimum Gasteiger partial charge on any atom is -0.394 e. The third-order valence-electron chi connectivity index (χ3n) is 14.6. The van der Waals surface area contributed by atoms with Gasteiger partial charge in [0, 0.05) is 6.42 Å². The average molecular weight is 955 g/mol. The van der Waals surface area contributed by atoms with Crippen molar-refractivity contribution >= 4 is 5.91 Å².